The average molecular weight is 482 g/mol. The van der Waals surface area contributed by atoms with Crippen molar-refractivity contribution in [3.63, 3.8) is 0 Å². The molecular weight excluding hydrogens is 458 g/mol. The van der Waals surface area contributed by atoms with Crippen LogP contribution in [0.25, 0.3) is 16.7 Å². The van der Waals surface area contributed by atoms with Gasteiger partial charge in [-0.15, -0.1) is 0 Å². The number of aliphatic hydroxyl groups is 1. The van der Waals surface area contributed by atoms with E-state index >= 15 is 0 Å². The van der Waals surface area contributed by atoms with Crippen LogP contribution in [0.4, 0.5) is 5.69 Å². The lowest BCUT2D eigenvalue weighted by molar-refractivity contribution is -0.385. The number of hydrogen-bond acceptors (Lipinski definition) is 5. The summed E-state index contributed by atoms with van der Waals surface area (Å²) < 4.78 is 0. The molecule has 4 aromatic rings. The molecule has 1 fully saturated rings. The summed E-state index contributed by atoms with van der Waals surface area (Å²) >= 11 is 0. The number of Topliss-reactive ketones (excluding diaryl/α,β-unsaturated/α-hetero) is 1. The highest BCUT2D eigenvalue weighted by Gasteiger charge is 2.47. The van der Waals surface area contributed by atoms with Crippen LogP contribution in [0, 0.1) is 17.0 Å². The van der Waals surface area contributed by atoms with Gasteiger partial charge in [-0.1, -0.05) is 60.2 Å². The van der Waals surface area contributed by atoms with E-state index in [1.54, 1.807) is 30.3 Å². The Labute approximate surface area is 206 Å². The molecule has 8 nitrogen and oxygen atoms in total. The fourth-order valence-electron chi connectivity index (χ4n) is 4.77. The zero-order chi connectivity index (χ0) is 25.4. The molecule has 1 amide bonds. The van der Waals surface area contributed by atoms with Gasteiger partial charge in [0.2, 0.25) is 0 Å². The fraction of sp³-hybridized carbons (Fsp3) is 0.143. The summed E-state index contributed by atoms with van der Waals surface area (Å²) in [6, 6.07) is 19.5. The smallest absolute Gasteiger partial charge is 0.295 e. The number of carbonyl (C=O) groups is 2. The second kappa shape index (κ2) is 9.14. The molecule has 0 saturated carbocycles. The van der Waals surface area contributed by atoms with E-state index in [9.17, 15) is 24.8 Å². The van der Waals surface area contributed by atoms with Gasteiger partial charge >= 0.3 is 0 Å². The molecule has 1 unspecified atom stereocenters. The largest absolute Gasteiger partial charge is 0.507 e. The van der Waals surface area contributed by atoms with Gasteiger partial charge in [0.05, 0.1) is 22.1 Å². The number of carbonyl (C=O) groups excluding carboxylic acids is 2. The molecule has 2 heterocycles. The van der Waals surface area contributed by atoms with E-state index in [1.165, 1.54) is 23.1 Å². The van der Waals surface area contributed by atoms with Gasteiger partial charge in [0, 0.05) is 35.3 Å². The number of H-pyrrole nitrogens is 1. The van der Waals surface area contributed by atoms with Gasteiger partial charge in [-0.25, -0.2) is 0 Å². The van der Waals surface area contributed by atoms with Gasteiger partial charge in [-0.2, -0.15) is 0 Å². The standard InChI is InChI=1S/C28H23N3O5/c1-17-10-12-18(13-11-17)26(32)24-25(21-7-3-5-9-23(21)31(35)36)30(28(34)27(24)33)15-14-19-16-29-22-8-4-2-6-20(19)22/h2-13,16,25,29,32H,14-15H2,1H3/b26-24-. The Hall–Kier alpha value is -4.72. The number of nitro groups is 1. The van der Waals surface area contributed by atoms with Crippen LogP contribution in [0.3, 0.4) is 0 Å². The number of amides is 1. The zero-order valence-electron chi connectivity index (χ0n) is 19.5. The Morgan fingerprint density at radius 3 is 2.47 bits per heavy atom. The third-order valence-electron chi connectivity index (χ3n) is 6.59. The molecule has 0 radical (unpaired) electrons. The number of likely N-dealkylation sites (tertiary alicyclic amines) is 1. The number of aliphatic hydroxyl groups excluding tert-OH is 1. The molecule has 5 rings (SSSR count). The van der Waals surface area contributed by atoms with Crippen molar-refractivity contribution in [1.29, 1.82) is 0 Å². The minimum Gasteiger partial charge on any atom is -0.507 e. The van der Waals surface area contributed by atoms with Crippen LogP contribution >= 0.6 is 0 Å². The Bertz CT molecular complexity index is 1530. The van der Waals surface area contributed by atoms with E-state index in [4.69, 9.17) is 0 Å². The van der Waals surface area contributed by atoms with Gasteiger partial charge < -0.3 is 15.0 Å². The molecule has 0 spiro atoms. The quantitative estimate of drug-likeness (QED) is 0.131. The maximum Gasteiger partial charge on any atom is 0.295 e. The highest BCUT2D eigenvalue weighted by atomic mass is 16.6. The van der Waals surface area contributed by atoms with Gasteiger partial charge in [0.1, 0.15) is 5.76 Å². The Morgan fingerprint density at radius 2 is 1.72 bits per heavy atom. The predicted octanol–water partition coefficient (Wildman–Crippen LogP) is 5.05. The summed E-state index contributed by atoms with van der Waals surface area (Å²) in [6.45, 7) is 2.02. The summed E-state index contributed by atoms with van der Waals surface area (Å²) in [7, 11) is 0. The number of aryl methyl sites for hydroxylation is 1. The minimum absolute atomic E-state index is 0.133. The number of benzene rings is 3. The lowest BCUT2D eigenvalue weighted by Gasteiger charge is -2.25. The number of fused-ring (bicyclic) bond motifs is 1. The van der Waals surface area contributed by atoms with Crippen molar-refractivity contribution in [2.45, 2.75) is 19.4 Å². The number of para-hydroxylation sites is 2. The average Bonchev–Trinajstić information content (AvgIpc) is 3.41. The van der Waals surface area contributed by atoms with Crippen molar-refractivity contribution >= 4 is 34.0 Å². The van der Waals surface area contributed by atoms with Gasteiger partial charge in [-0.3, -0.25) is 19.7 Å². The second-order valence-electron chi connectivity index (χ2n) is 8.78. The molecule has 1 aliphatic heterocycles. The summed E-state index contributed by atoms with van der Waals surface area (Å²) in [5, 5.41) is 24.0. The number of nitrogens with one attached hydrogen (secondary N) is 1. The summed E-state index contributed by atoms with van der Waals surface area (Å²) in [5.74, 6) is -2.02. The van der Waals surface area contributed by atoms with E-state index in [0.717, 1.165) is 22.0 Å². The number of nitrogens with zero attached hydrogens (tertiary/aromatic N) is 2. The molecule has 2 N–H and O–H groups in total. The number of aromatic nitrogens is 1. The molecule has 8 heteroatoms. The third-order valence-corrected chi connectivity index (χ3v) is 6.59. The van der Waals surface area contributed by atoms with Gasteiger partial charge in [0.25, 0.3) is 17.4 Å². The van der Waals surface area contributed by atoms with E-state index in [1.807, 2.05) is 37.4 Å². The third kappa shape index (κ3) is 3.92. The molecule has 0 bridgehead atoms. The van der Waals surface area contributed by atoms with Crippen LogP contribution in [0.2, 0.25) is 0 Å². The number of nitro benzene ring substituents is 1. The normalized spacial score (nSPS) is 17.1. The second-order valence-corrected chi connectivity index (χ2v) is 8.78. The molecule has 1 saturated heterocycles. The topological polar surface area (TPSA) is 117 Å². The van der Waals surface area contributed by atoms with Gasteiger partial charge in [0.15, 0.2) is 0 Å². The van der Waals surface area contributed by atoms with E-state index in [0.29, 0.717) is 12.0 Å². The van der Waals surface area contributed by atoms with Crippen molar-refractivity contribution in [1.82, 2.24) is 9.88 Å². The number of aromatic amines is 1. The highest BCUT2D eigenvalue weighted by molar-refractivity contribution is 6.46. The van der Waals surface area contributed by atoms with Crippen molar-refractivity contribution < 1.29 is 19.6 Å². The number of rotatable bonds is 6. The van der Waals surface area contributed by atoms with Crippen LogP contribution in [-0.4, -0.2) is 38.1 Å². The first-order valence-corrected chi connectivity index (χ1v) is 11.5. The monoisotopic (exact) mass is 481 g/mol. The van der Waals surface area contributed by atoms with Crippen LogP contribution in [-0.2, 0) is 16.0 Å². The number of ketones is 1. The highest BCUT2D eigenvalue weighted by Crippen LogP contribution is 2.42. The van der Waals surface area contributed by atoms with Crippen molar-refractivity contribution in [2.75, 3.05) is 6.54 Å². The van der Waals surface area contributed by atoms with Crippen LogP contribution in [0.1, 0.15) is 28.3 Å². The van der Waals surface area contributed by atoms with E-state index < -0.39 is 22.7 Å². The summed E-state index contributed by atoms with van der Waals surface area (Å²) in [6.07, 6.45) is 2.27. The van der Waals surface area contributed by atoms with E-state index in [-0.39, 0.29) is 29.1 Å². The van der Waals surface area contributed by atoms with E-state index in [2.05, 4.69) is 4.98 Å². The summed E-state index contributed by atoms with van der Waals surface area (Å²) in [5.41, 5.74) is 3.01. The van der Waals surface area contributed by atoms with Crippen LogP contribution < -0.4 is 0 Å². The number of hydrogen-bond donors (Lipinski definition) is 2. The molecule has 1 atom stereocenters. The van der Waals surface area contributed by atoms with Crippen LogP contribution in [0.15, 0.2) is 84.6 Å². The first kappa shape index (κ1) is 23.0. The van der Waals surface area contributed by atoms with Gasteiger partial charge in [-0.05, 0) is 31.0 Å². The zero-order valence-corrected chi connectivity index (χ0v) is 19.5. The molecule has 36 heavy (non-hydrogen) atoms. The minimum atomic E-state index is -1.10. The maximum atomic E-state index is 13.3. The first-order valence-electron chi connectivity index (χ1n) is 11.5. The van der Waals surface area contributed by atoms with Crippen molar-refractivity contribution in [2.24, 2.45) is 0 Å². The molecule has 1 aromatic heterocycles. The lowest BCUT2D eigenvalue weighted by atomic mass is 9.94. The predicted molar refractivity (Wildman–Crippen MR) is 135 cm³/mol. The Morgan fingerprint density at radius 1 is 1.03 bits per heavy atom. The van der Waals surface area contributed by atoms with Crippen molar-refractivity contribution in [3.05, 3.63) is 117 Å². The molecule has 180 valence electrons. The van der Waals surface area contributed by atoms with Crippen molar-refractivity contribution in [3.8, 4) is 0 Å². The van der Waals surface area contributed by atoms with Crippen LogP contribution in [0.5, 0.6) is 0 Å². The maximum absolute atomic E-state index is 13.3. The summed E-state index contributed by atoms with van der Waals surface area (Å²) in [4.78, 5) is 42.3. The molecule has 0 aliphatic carbocycles. The fourth-order valence-corrected chi connectivity index (χ4v) is 4.77. The molecular formula is C28H23N3O5. The SMILES string of the molecule is Cc1ccc(/C(O)=C2/C(=O)C(=O)N(CCc3c[nH]c4ccccc34)C2c2ccccc2[N+](=O)[O-])cc1. The Balaban J connectivity index is 1.62. The molecule has 1 aliphatic rings. The first-order chi connectivity index (χ1) is 17.4. The Kier molecular flexibility index (Phi) is 5.85. The lowest BCUT2D eigenvalue weighted by Crippen LogP contribution is -2.32. The molecule has 3 aromatic carbocycles.